The molecular weight excluding hydrogens is 438 g/mol. The molecule has 0 unspecified atom stereocenters. The van der Waals surface area contributed by atoms with Crippen molar-refractivity contribution >= 4 is 49.5 Å². The smallest absolute Gasteiger partial charge is 0.343 e. The van der Waals surface area contributed by atoms with Crippen molar-refractivity contribution in [2.24, 2.45) is 0 Å². The average Bonchev–Trinajstić information content (AvgIpc) is 3.12. The molecule has 0 spiro atoms. The van der Waals surface area contributed by atoms with E-state index in [0.29, 0.717) is 24.4 Å². The molecule has 0 aliphatic heterocycles. The Hall–Kier alpha value is -2.87. The minimum Gasteiger partial charge on any atom is -0.456 e. The van der Waals surface area contributed by atoms with Crippen molar-refractivity contribution in [1.82, 2.24) is 4.31 Å². The van der Waals surface area contributed by atoms with Gasteiger partial charge in [-0.25, -0.2) is 13.2 Å². The highest BCUT2D eigenvalue weighted by atomic mass is 35.5. The molecule has 4 aromatic rings. The average molecular weight is 458 g/mol. The van der Waals surface area contributed by atoms with Crippen molar-refractivity contribution in [3.8, 4) is 5.75 Å². The SMILES string of the molecule is CCN(CC)S(=O)(=O)c1cc(C(=O)Oc2ccc3oc4ccccc4c3c2)ccc1Cl. The van der Waals surface area contributed by atoms with Crippen LogP contribution in [0.3, 0.4) is 0 Å². The number of benzene rings is 3. The minimum absolute atomic E-state index is 0.0507. The van der Waals surface area contributed by atoms with E-state index in [1.807, 2.05) is 24.3 Å². The molecule has 0 atom stereocenters. The molecule has 0 aliphatic rings. The van der Waals surface area contributed by atoms with Crippen LogP contribution in [0.15, 0.2) is 70.0 Å². The maximum atomic E-state index is 12.9. The number of ether oxygens (including phenoxy) is 1. The van der Waals surface area contributed by atoms with Crippen molar-refractivity contribution < 1.29 is 22.4 Å². The lowest BCUT2D eigenvalue weighted by Gasteiger charge is -2.19. The monoisotopic (exact) mass is 457 g/mol. The number of fused-ring (bicyclic) bond motifs is 3. The molecule has 0 bridgehead atoms. The summed E-state index contributed by atoms with van der Waals surface area (Å²) < 4.78 is 38.3. The predicted octanol–water partition coefficient (Wildman–Crippen LogP) is 5.49. The van der Waals surface area contributed by atoms with Crippen LogP contribution in [0.2, 0.25) is 5.02 Å². The first-order valence-electron chi connectivity index (χ1n) is 9.78. The molecule has 8 heteroatoms. The molecule has 0 amide bonds. The first kappa shape index (κ1) is 21.4. The maximum absolute atomic E-state index is 12.9. The molecule has 31 heavy (non-hydrogen) atoms. The van der Waals surface area contributed by atoms with Gasteiger partial charge in [0.25, 0.3) is 0 Å². The van der Waals surface area contributed by atoms with Crippen LogP contribution in [0, 0.1) is 0 Å². The second-order valence-corrected chi connectivity index (χ2v) is 9.19. The van der Waals surface area contributed by atoms with E-state index in [1.54, 1.807) is 32.0 Å². The number of nitrogens with zero attached hydrogens (tertiary/aromatic N) is 1. The number of halogens is 1. The molecule has 3 aromatic carbocycles. The largest absolute Gasteiger partial charge is 0.456 e. The van der Waals surface area contributed by atoms with Gasteiger partial charge in [-0.15, -0.1) is 0 Å². The van der Waals surface area contributed by atoms with Crippen LogP contribution in [0.4, 0.5) is 0 Å². The van der Waals surface area contributed by atoms with Gasteiger partial charge in [0, 0.05) is 23.9 Å². The van der Waals surface area contributed by atoms with Crippen LogP contribution in [0.5, 0.6) is 5.75 Å². The third-order valence-corrected chi connectivity index (χ3v) is 7.58. The van der Waals surface area contributed by atoms with E-state index in [0.717, 1.165) is 16.4 Å². The number of para-hydroxylation sites is 1. The molecule has 0 aliphatic carbocycles. The van der Waals surface area contributed by atoms with Crippen LogP contribution < -0.4 is 4.74 Å². The molecule has 6 nitrogen and oxygen atoms in total. The molecule has 4 rings (SSSR count). The standard InChI is InChI=1S/C23H20ClNO5S/c1-3-25(4-2)31(27,28)22-13-15(9-11-19(22)24)23(26)29-16-10-12-21-18(14-16)17-7-5-6-8-20(17)30-21/h5-14H,3-4H2,1-2H3. The second kappa shape index (κ2) is 8.34. The lowest BCUT2D eigenvalue weighted by Crippen LogP contribution is -2.31. The van der Waals surface area contributed by atoms with Crippen molar-refractivity contribution in [1.29, 1.82) is 0 Å². The van der Waals surface area contributed by atoms with E-state index in [1.165, 1.54) is 22.5 Å². The van der Waals surface area contributed by atoms with Crippen molar-refractivity contribution in [3.63, 3.8) is 0 Å². The summed E-state index contributed by atoms with van der Waals surface area (Å²) in [7, 11) is -3.83. The van der Waals surface area contributed by atoms with Gasteiger partial charge in [-0.3, -0.25) is 0 Å². The quantitative estimate of drug-likeness (QED) is 0.282. The van der Waals surface area contributed by atoms with Gasteiger partial charge in [0.05, 0.1) is 10.6 Å². The first-order chi connectivity index (χ1) is 14.8. The highest BCUT2D eigenvalue weighted by Crippen LogP contribution is 2.32. The summed E-state index contributed by atoms with van der Waals surface area (Å²) in [6, 6.07) is 16.8. The van der Waals surface area contributed by atoms with Crippen LogP contribution in [0.1, 0.15) is 24.2 Å². The Morgan fingerprint density at radius 2 is 1.68 bits per heavy atom. The third-order valence-electron chi connectivity index (χ3n) is 5.05. The topological polar surface area (TPSA) is 76.8 Å². The molecule has 0 saturated heterocycles. The maximum Gasteiger partial charge on any atom is 0.343 e. The van der Waals surface area contributed by atoms with Crippen molar-refractivity contribution in [3.05, 3.63) is 71.2 Å². The van der Waals surface area contributed by atoms with Crippen molar-refractivity contribution in [2.45, 2.75) is 18.7 Å². The summed E-state index contributed by atoms with van der Waals surface area (Å²) in [6.07, 6.45) is 0. The fraction of sp³-hybridized carbons (Fsp3) is 0.174. The highest BCUT2D eigenvalue weighted by Gasteiger charge is 2.26. The number of carbonyl (C=O) groups excluding carboxylic acids is 1. The Kier molecular flexibility index (Phi) is 5.75. The Bertz CT molecular complexity index is 1390. The summed E-state index contributed by atoms with van der Waals surface area (Å²) in [6.45, 7) is 4.07. The zero-order chi connectivity index (χ0) is 22.2. The molecule has 1 aromatic heterocycles. The van der Waals surface area contributed by atoms with Crippen LogP contribution in [0.25, 0.3) is 21.9 Å². The lowest BCUT2D eigenvalue weighted by molar-refractivity contribution is 0.0734. The van der Waals surface area contributed by atoms with Crippen LogP contribution in [-0.2, 0) is 10.0 Å². The molecular formula is C23H20ClNO5S. The number of sulfonamides is 1. The van der Waals surface area contributed by atoms with Gasteiger partial charge in [-0.2, -0.15) is 4.31 Å². The molecule has 0 saturated carbocycles. The number of hydrogen-bond donors (Lipinski definition) is 0. The van der Waals surface area contributed by atoms with E-state index >= 15 is 0 Å². The summed E-state index contributed by atoms with van der Waals surface area (Å²) in [5.41, 5.74) is 1.51. The molecule has 0 N–H and O–H groups in total. The molecule has 1 heterocycles. The Labute approximate surface area is 185 Å². The number of esters is 1. The minimum atomic E-state index is -3.83. The van der Waals surface area contributed by atoms with Gasteiger partial charge in [-0.1, -0.05) is 43.6 Å². The predicted molar refractivity (Wildman–Crippen MR) is 120 cm³/mol. The van der Waals surface area contributed by atoms with E-state index in [-0.39, 0.29) is 15.5 Å². The number of hydrogen-bond acceptors (Lipinski definition) is 5. The lowest BCUT2D eigenvalue weighted by atomic mass is 10.1. The molecule has 0 fully saturated rings. The normalized spacial score (nSPS) is 12.0. The zero-order valence-corrected chi connectivity index (χ0v) is 18.5. The zero-order valence-electron chi connectivity index (χ0n) is 17.0. The van der Waals surface area contributed by atoms with Crippen molar-refractivity contribution in [2.75, 3.05) is 13.1 Å². The van der Waals surface area contributed by atoms with Gasteiger partial charge in [0.2, 0.25) is 10.0 Å². The van der Waals surface area contributed by atoms with Gasteiger partial charge < -0.3 is 9.15 Å². The van der Waals surface area contributed by atoms with Gasteiger partial charge in [0.1, 0.15) is 21.8 Å². The van der Waals surface area contributed by atoms with Gasteiger partial charge >= 0.3 is 5.97 Å². The first-order valence-corrected chi connectivity index (χ1v) is 11.6. The van der Waals surface area contributed by atoms with Crippen LogP contribution in [-0.4, -0.2) is 31.8 Å². The fourth-order valence-electron chi connectivity index (χ4n) is 3.47. The number of furan rings is 1. The van der Waals surface area contributed by atoms with Gasteiger partial charge in [-0.05, 0) is 42.5 Å². The third kappa shape index (κ3) is 3.92. The van der Waals surface area contributed by atoms with E-state index in [2.05, 4.69) is 0 Å². The number of carbonyl (C=O) groups is 1. The Morgan fingerprint density at radius 3 is 2.42 bits per heavy atom. The molecule has 0 radical (unpaired) electrons. The van der Waals surface area contributed by atoms with Gasteiger partial charge in [0.15, 0.2) is 0 Å². The Morgan fingerprint density at radius 1 is 0.968 bits per heavy atom. The summed E-state index contributed by atoms with van der Waals surface area (Å²) in [4.78, 5) is 12.6. The van der Waals surface area contributed by atoms with E-state index < -0.39 is 16.0 Å². The summed E-state index contributed by atoms with van der Waals surface area (Å²) in [5, 5.41) is 1.78. The molecule has 160 valence electrons. The highest BCUT2D eigenvalue weighted by molar-refractivity contribution is 7.89. The fourth-order valence-corrected chi connectivity index (χ4v) is 5.42. The van der Waals surface area contributed by atoms with E-state index in [4.69, 9.17) is 20.8 Å². The van der Waals surface area contributed by atoms with Crippen LogP contribution >= 0.6 is 11.6 Å². The Balaban J connectivity index is 1.67. The van der Waals surface area contributed by atoms with E-state index in [9.17, 15) is 13.2 Å². The number of rotatable bonds is 6. The summed E-state index contributed by atoms with van der Waals surface area (Å²) >= 11 is 6.14. The summed E-state index contributed by atoms with van der Waals surface area (Å²) in [5.74, 6) is -0.355. The second-order valence-electron chi connectivity index (χ2n) is 6.88.